The summed E-state index contributed by atoms with van der Waals surface area (Å²) in [5.41, 5.74) is 13.6. The molecule has 1 aliphatic rings. The van der Waals surface area contributed by atoms with Gasteiger partial charge < -0.3 is 16.8 Å². The normalized spacial score (nSPS) is 20.9. The molecule has 1 aromatic carbocycles. The summed E-state index contributed by atoms with van der Waals surface area (Å²) in [5.74, 6) is 0.294. The third-order valence-electron chi connectivity index (χ3n) is 3.84. The standard InChI is InChI=1S/C15H23N3O.2ClH/c16-9-11-2-1-3-12(8-11)10-18-15(19)13-4-6-14(17)7-5-13;;/h1-3,8,13-14H,4-7,9-10,16-17H2,(H,18,19);2*1H. The molecule has 0 unspecified atom stereocenters. The number of hydrogen-bond donors (Lipinski definition) is 3. The molecule has 0 aliphatic heterocycles. The van der Waals surface area contributed by atoms with Crippen LogP contribution in [-0.4, -0.2) is 11.9 Å². The molecule has 0 aromatic heterocycles. The summed E-state index contributed by atoms with van der Waals surface area (Å²) < 4.78 is 0. The first kappa shape index (κ1) is 20.2. The van der Waals surface area contributed by atoms with Gasteiger partial charge in [0.1, 0.15) is 0 Å². The number of rotatable bonds is 4. The summed E-state index contributed by atoms with van der Waals surface area (Å²) in [5, 5.41) is 3.01. The summed E-state index contributed by atoms with van der Waals surface area (Å²) in [6.45, 7) is 1.11. The van der Waals surface area contributed by atoms with E-state index in [1.807, 2.05) is 24.3 Å². The van der Waals surface area contributed by atoms with Crippen LogP contribution < -0.4 is 16.8 Å². The fraction of sp³-hybridized carbons (Fsp3) is 0.533. The molecule has 2 rings (SSSR count). The molecule has 6 heteroatoms. The monoisotopic (exact) mass is 333 g/mol. The molecule has 1 fully saturated rings. The highest BCUT2D eigenvalue weighted by molar-refractivity contribution is 5.85. The zero-order chi connectivity index (χ0) is 13.7. The van der Waals surface area contributed by atoms with E-state index in [0.29, 0.717) is 13.1 Å². The maximum Gasteiger partial charge on any atom is 0.223 e. The summed E-state index contributed by atoms with van der Waals surface area (Å²) in [6, 6.07) is 8.30. The van der Waals surface area contributed by atoms with E-state index in [0.717, 1.165) is 36.8 Å². The molecule has 0 spiro atoms. The first-order valence-electron chi connectivity index (χ1n) is 7.00. The molecule has 1 saturated carbocycles. The van der Waals surface area contributed by atoms with Crippen molar-refractivity contribution in [2.45, 2.75) is 44.8 Å². The van der Waals surface area contributed by atoms with E-state index < -0.39 is 0 Å². The van der Waals surface area contributed by atoms with Gasteiger partial charge >= 0.3 is 0 Å². The van der Waals surface area contributed by atoms with Crippen LogP contribution in [0.2, 0.25) is 0 Å². The highest BCUT2D eigenvalue weighted by Crippen LogP contribution is 2.23. The van der Waals surface area contributed by atoms with Gasteiger partial charge in [-0.1, -0.05) is 24.3 Å². The predicted octanol–water partition coefficient (Wildman–Crippen LogP) is 2.12. The van der Waals surface area contributed by atoms with Crippen molar-refractivity contribution in [1.82, 2.24) is 5.32 Å². The predicted molar refractivity (Wildman–Crippen MR) is 90.6 cm³/mol. The fourth-order valence-electron chi connectivity index (χ4n) is 2.58. The Labute approximate surface area is 138 Å². The van der Waals surface area contributed by atoms with Crippen LogP contribution >= 0.6 is 24.8 Å². The van der Waals surface area contributed by atoms with Gasteiger partial charge in [0.15, 0.2) is 0 Å². The van der Waals surface area contributed by atoms with Crippen LogP contribution in [0.25, 0.3) is 0 Å². The van der Waals surface area contributed by atoms with Gasteiger partial charge in [-0.25, -0.2) is 0 Å². The minimum Gasteiger partial charge on any atom is -0.352 e. The highest BCUT2D eigenvalue weighted by atomic mass is 35.5. The molecular weight excluding hydrogens is 309 g/mol. The van der Waals surface area contributed by atoms with Gasteiger partial charge in [-0.3, -0.25) is 4.79 Å². The third-order valence-corrected chi connectivity index (χ3v) is 3.84. The molecule has 0 heterocycles. The Morgan fingerprint density at radius 2 is 1.76 bits per heavy atom. The maximum atomic E-state index is 12.1. The number of carbonyl (C=O) groups is 1. The van der Waals surface area contributed by atoms with E-state index in [4.69, 9.17) is 11.5 Å². The first-order valence-corrected chi connectivity index (χ1v) is 7.00. The van der Waals surface area contributed by atoms with Crippen LogP contribution in [-0.2, 0) is 17.9 Å². The lowest BCUT2D eigenvalue weighted by Crippen LogP contribution is -2.35. The van der Waals surface area contributed by atoms with Gasteiger partial charge in [-0.05, 0) is 36.8 Å². The van der Waals surface area contributed by atoms with Gasteiger partial charge in [0.05, 0.1) is 0 Å². The molecular formula is C15H25Cl2N3O. The minimum atomic E-state index is 0. The van der Waals surface area contributed by atoms with Crippen LogP contribution in [0.15, 0.2) is 24.3 Å². The van der Waals surface area contributed by atoms with Crippen molar-refractivity contribution in [2.75, 3.05) is 0 Å². The largest absolute Gasteiger partial charge is 0.352 e. The van der Waals surface area contributed by atoms with Crippen molar-refractivity contribution in [3.05, 3.63) is 35.4 Å². The molecule has 1 aromatic rings. The van der Waals surface area contributed by atoms with Crippen LogP contribution in [0.5, 0.6) is 0 Å². The van der Waals surface area contributed by atoms with Crippen LogP contribution in [0.3, 0.4) is 0 Å². The molecule has 1 aliphatic carbocycles. The minimum absolute atomic E-state index is 0. The van der Waals surface area contributed by atoms with E-state index in [2.05, 4.69) is 5.32 Å². The number of nitrogens with one attached hydrogen (secondary N) is 1. The SMILES string of the molecule is Cl.Cl.NCc1cccc(CNC(=O)C2CCC(N)CC2)c1. The van der Waals surface area contributed by atoms with E-state index in [1.165, 1.54) is 0 Å². The van der Waals surface area contributed by atoms with E-state index in [1.54, 1.807) is 0 Å². The van der Waals surface area contributed by atoms with Crippen molar-refractivity contribution in [3.63, 3.8) is 0 Å². The van der Waals surface area contributed by atoms with Gasteiger partial charge in [-0.2, -0.15) is 0 Å². The second kappa shape index (κ2) is 10.0. The Hall–Kier alpha value is -0.810. The van der Waals surface area contributed by atoms with Crippen molar-refractivity contribution in [2.24, 2.45) is 17.4 Å². The summed E-state index contributed by atoms with van der Waals surface area (Å²) >= 11 is 0. The number of amides is 1. The van der Waals surface area contributed by atoms with Gasteiger partial charge in [0.25, 0.3) is 0 Å². The molecule has 21 heavy (non-hydrogen) atoms. The molecule has 4 nitrogen and oxygen atoms in total. The summed E-state index contributed by atoms with van der Waals surface area (Å²) in [4.78, 5) is 12.1. The Bertz CT molecular complexity index is 435. The topological polar surface area (TPSA) is 81.1 Å². The molecule has 120 valence electrons. The van der Waals surface area contributed by atoms with Crippen molar-refractivity contribution in [3.8, 4) is 0 Å². The Morgan fingerprint density at radius 1 is 1.14 bits per heavy atom. The van der Waals surface area contributed by atoms with Crippen molar-refractivity contribution in [1.29, 1.82) is 0 Å². The lowest BCUT2D eigenvalue weighted by molar-refractivity contribution is -0.126. The van der Waals surface area contributed by atoms with Crippen molar-refractivity contribution < 1.29 is 4.79 Å². The summed E-state index contributed by atoms with van der Waals surface area (Å²) in [6.07, 6.45) is 3.74. The average molecular weight is 334 g/mol. The smallest absolute Gasteiger partial charge is 0.223 e. The molecule has 1 amide bonds. The Morgan fingerprint density at radius 3 is 2.38 bits per heavy atom. The average Bonchev–Trinajstić information content (AvgIpc) is 2.46. The number of benzene rings is 1. The number of hydrogen-bond acceptors (Lipinski definition) is 3. The quantitative estimate of drug-likeness (QED) is 0.789. The van der Waals surface area contributed by atoms with E-state index >= 15 is 0 Å². The van der Waals surface area contributed by atoms with E-state index in [-0.39, 0.29) is 42.7 Å². The molecule has 5 N–H and O–H groups in total. The van der Waals surface area contributed by atoms with Gasteiger partial charge in [-0.15, -0.1) is 24.8 Å². The second-order valence-corrected chi connectivity index (χ2v) is 5.35. The van der Waals surface area contributed by atoms with Gasteiger partial charge in [0.2, 0.25) is 5.91 Å². The van der Waals surface area contributed by atoms with Crippen LogP contribution in [0.4, 0.5) is 0 Å². The van der Waals surface area contributed by atoms with E-state index in [9.17, 15) is 4.79 Å². The lowest BCUT2D eigenvalue weighted by atomic mass is 9.86. The number of halogens is 2. The molecule has 0 atom stereocenters. The second-order valence-electron chi connectivity index (χ2n) is 5.35. The zero-order valence-electron chi connectivity index (χ0n) is 12.1. The number of carbonyl (C=O) groups excluding carboxylic acids is 1. The maximum absolute atomic E-state index is 12.1. The molecule has 0 bridgehead atoms. The molecule has 0 saturated heterocycles. The Kier molecular flexibility index (Phi) is 9.62. The van der Waals surface area contributed by atoms with Crippen LogP contribution in [0, 0.1) is 5.92 Å². The molecule has 0 radical (unpaired) electrons. The number of nitrogens with two attached hydrogens (primary N) is 2. The lowest BCUT2D eigenvalue weighted by Gasteiger charge is -2.25. The third kappa shape index (κ3) is 6.22. The zero-order valence-corrected chi connectivity index (χ0v) is 13.7. The van der Waals surface area contributed by atoms with Gasteiger partial charge in [0, 0.05) is 25.0 Å². The van der Waals surface area contributed by atoms with Crippen molar-refractivity contribution >= 4 is 30.7 Å². The fourth-order valence-corrected chi connectivity index (χ4v) is 2.58. The summed E-state index contributed by atoms with van der Waals surface area (Å²) in [7, 11) is 0. The van der Waals surface area contributed by atoms with Crippen LogP contribution in [0.1, 0.15) is 36.8 Å². The Balaban J connectivity index is 0.00000200. The highest BCUT2D eigenvalue weighted by Gasteiger charge is 2.24. The first-order chi connectivity index (χ1) is 9.19.